The Morgan fingerprint density at radius 3 is 2.77 bits per heavy atom. The highest BCUT2D eigenvalue weighted by molar-refractivity contribution is 6.02. The maximum Gasteiger partial charge on any atom is 0.168 e. The second kappa shape index (κ2) is 8.18. The van der Waals surface area contributed by atoms with Crippen molar-refractivity contribution in [1.29, 1.82) is 0 Å². The van der Waals surface area contributed by atoms with Crippen molar-refractivity contribution in [2.45, 2.75) is 58.5 Å². The van der Waals surface area contributed by atoms with Crippen molar-refractivity contribution in [3.8, 4) is 5.75 Å². The molecular formula is C28H32O3. The van der Waals surface area contributed by atoms with E-state index < -0.39 is 0 Å². The van der Waals surface area contributed by atoms with Gasteiger partial charge in [-0.25, -0.2) is 0 Å². The molecule has 162 valence electrons. The lowest BCUT2D eigenvalue weighted by atomic mass is 9.55. The van der Waals surface area contributed by atoms with Crippen molar-refractivity contribution in [3.05, 3.63) is 77.1 Å². The summed E-state index contributed by atoms with van der Waals surface area (Å²) in [7, 11) is 0. The third-order valence-corrected chi connectivity index (χ3v) is 7.98. The van der Waals surface area contributed by atoms with Gasteiger partial charge in [-0.1, -0.05) is 43.3 Å². The molecule has 3 nitrogen and oxygen atoms in total. The zero-order valence-electron chi connectivity index (χ0n) is 18.6. The van der Waals surface area contributed by atoms with E-state index >= 15 is 0 Å². The fourth-order valence-electron chi connectivity index (χ4n) is 6.35. The summed E-state index contributed by atoms with van der Waals surface area (Å²) in [5.74, 6) is 2.87. The van der Waals surface area contributed by atoms with Gasteiger partial charge in [-0.05, 0) is 85.6 Å². The number of benzene rings is 2. The minimum Gasteiger partial charge on any atom is -0.501 e. The maximum atomic E-state index is 13.2. The van der Waals surface area contributed by atoms with Crippen LogP contribution in [0.3, 0.4) is 0 Å². The van der Waals surface area contributed by atoms with Gasteiger partial charge >= 0.3 is 0 Å². The Balaban J connectivity index is 1.34. The number of hydrogen-bond acceptors (Lipinski definition) is 3. The van der Waals surface area contributed by atoms with Crippen molar-refractivity contribution < 1.29 is 14.3 Å². The number of fused-ring (bicyclic) bond motifs is 5. The molecule has 2 saturated carbocycles. The smallest absolute Gasteiger partial charge is 0.168 e. The first-order chi connectivity index (χ1) is 15.1. The lowest BCUT2D eigenvalue weighted by Gasteiger charge is -2.48. The molecule has 3 aliphatic carbocycles. The molecule has 0 aromatic heterocycles. The number of allylic oxidation sites excluding steroid dienone is 1. The number of ketones is 1. The summed E-state index contributed by atoms with van der Waals surface area (Å²) >= 11 is 0. The Labute approximate surface area is 185 Å². The van der Waals surface area contributed by atoms with E-state index in [0.717, 1.165) is 43.4 Å². The molecule has 0 amide bonds. The number of Topliss-reactive ketones (excluding diaryl/α,β-unsaturated/α-hetero) is 1. The minimum absolute atomic E-state index is 0.208. The first kappa shape index (κ1) is 20.4. The van der Waals surface area contributed by atoms with Crippen LogP contribution in [0.2, 0.25) is 0 Å². The average Bonchev–Trinajstić information content (AvgIpc) is 3.07. The molecule has 0 saturated heterocycles. The predicted octanol–water partition coefficient (Wildman–Crippen LogP) is 6.22. The molecule has 0 N–H and O–H groups in total. The molecule has 2 aromatic rings. The Hall–Kier alpha value is -2.55. The van der Waals surface area contributed by atoms with E-state index in [1.807, 2.05) is 25.1 Å². The molecule has 0 heterocycles. The van der Waals surface area contributed by atoms with Crippen LogP contribution in [0, 0.1) is 17.3 Å². The van der Waals surface area contributed by atoms with Gasteiger partial charge in [-0.15, -0.1) is 0 Å². The third-order valence-electron chi connectivity index (χ3n) is 7.98. The van der Waals surface area contributed by atoms with Crippen LogP contribution in [0.25, 0.3) is 0 Å². The average molecular weight is 417 g/mol. The van der Waals surface area contributed by atoms with Gasteiger partial charge in [0.05, 0.1) is 12.9 Å². The fraction of sp³-hybridized carbons (Fsp3) is 0.464. The van der Waals surface area contributed by atoms with Crippen LogP contribution >= 0.6 is 0 Å². The quantitative estimate of drug-likeness (QED) is 0.429. The van der Waals surface area contributed by atoms with Crippen molar-refractivity contribution in [1.82, 2.24) is 0 Å². The van der Waals surface area contributed by atoms with Crippen molar-refractivity contribution in [2.75, 3.05) is 6.61 Å². The van der Waals surface area contributed by atoms with Gasteiger partial charge < -0.3 is 9.47 Å². The standard InChI is InChI=1S/C28H32O3/c1-3-30-18-21-16-26-25-11-9-20-15-22(31-17-19-7-5-4-6-8-19)10-12-23(20)24(25)13-14-28(26,2)27(21)29/h4-8,10,12,15,18,24-26H,3,9,11,13-14,16-17H2,1-2H3/b21-18-/t24?,25?,26?,28-/m0/s1. The largest absolute Gasteiger partial charge is 0.501 e. The van der Waals surface area contributed by atoms with Gasteiger partial charge in [0.25, 0.3) is 0 Å². The van der Waals surface area contributed by atoms with Gasteiger partial charge in [-0.3, -0.25) is 4.79 Å². The predicted molar refractivity (Wildman–Crippen MR) is 122 cm³/mol. The summed E-state index contributed by atoms with van der Waals surface area (Å²) in [5, 5.41) is 0. The van der Waals surface area contributed by atoms with E-state index in [1.165, 1.54) is 16.7 Å². The number of aryl methyl sites for hydroxylation is 1. The van der Waals surface area contributed by atoms with Gasteiger partial charge in [0.1, 0.15) is 12.4 Å². The zero-order valence-corrected chi connectivity index (χ0v) is 18.6. The van der Waals surface area contributed by atoms with Crippen LogP contribution in [0.5, 0.6) is 5.75 Å². The van der Waals surface area contributed by atoms with Crippen molar-refractivity contribution in [3.63, 3.8) is 0 Å². The van der Waals surface area contributed by atoms with E-state index in [1.54, 1.807) is 6.26 Å². The number of hydrogen-bond donors (Lipinski definition) is 0. The number of rotatable bonds is 5. The van der Waals surface area contributed by atoms with Crippen molar-refractivity contribution in [2.24, 2.45) is 17.3 Å². The van der Waals surface area contributed by atoms with Crippen LogP contribution in [-0.4, -0.2) is 12.4 Å². The maximum absolute atomic E-state index is 13.2. The van der Waals surface area contributed by atoms with E-state index in [2.05, 4.69) is 37.3 Å². The topological polar surface area (TPSA) is 35.5 Å². The second-order valence-corrected chi connectivity index (χ2v) is 9.64. The fourth-order valence-corrected chi connectivity index (χ4v) is 6.35. The summed E-state index contributed by atoms with van der Waals surface area (Å²) in [4.78, 5) is 13.2. The highest BCUT2D eigenvalue weighted by Gasteiger charge is 2.56. The first-order valence-corrected chi connectivity index (χ1v) is 11.7. The van der Waals surface area contributed by atoms with Crippen LogP contribution in [0.1, 0.15) is 62.1 Å². The lowest BCUT2D eigenvalue weighted by Crippen LogP contribution is -2.42. The van der Waals surface area contributed by atoms with Crippen LogP contribution < -0.4 is 4.74 Å². The molecule has 5 rings (SSSR count). The molecule has 0 radical (unpaired) electrons. The van der Waals surface area contributed by atoms with Gasteiger partial charge in [-0.2, -0.15) is 0 Å². The second-order valence-electron chi connectivity index (χ2n) is 9.64. The molecule has 2 aromatic carbocycles. The zero-order chi connectivity index (χ0) is 21.4. The van der Waals surface area contributed by atoms with Gasteiger partial charge in [0.15, 0.2) is 5.78 Å². The normalized spacial score (nSPS) is 30.5. The molecular weight excluding hydrogens is 384 g/mol. The number of carbonyl (C=O) groups is 1. The van der Waals surface area contributed by atoms with E-state index in [-0.39, 0.29) is 5.41 Å². The Morgan fingerprint density at radius 1 is 1.13 bits per heavy atom. The number of carbonyl (C=O) groups excluding carboxylic acids is 1. The molecule has 3 aliphatic rings. The third kappa shape index (κ3) is 3.58. The SMILES string of the molecule is CCO/C=C1/CC2C3CCc4cc(OCc5ccccc5)ccc4C3CC[C@]2(C)C1=O. The Bertz CT molecular complexity index is 993. The van der Waals surface area contributed by atoms with Crippen LogP contribution in [-0.2, 0) is 22.6 Å². The van der Waals surface area contributed by atoms with Gasteiger partial charge in [0, 0.05) is 11.0 Å². The summed E-state index contributed by atoms with van der Waals surface area (Å²) < 4.78 is 11.6. The van der Waals surface area contributed by atoms with Crippen LogP contribution in [0.4, 0.5) is 0 Å². The van der Waals surface area contributed by atoms with Crippen molar-refractivity contribution >= 4 is 5.78 Å². The summed E-state index contributed by atoms with van der Waals surface area (Å²) in [5.41, 5.74) is 4.81. The van der Waals surface area contributed by atoms with E-state index in [4.69, 9.17) is 9.47 Å². The summed E-state index contributed by atoms with van der Waals surface area (Å²) in [6.45, 7) is 5.39. The molecule has 3 heteroatoms. The molecule has 0 aliphatic heterocycles. The summed E-state index contributed by atoms with van der Waals surface area (Å²) in [6.07, 6.45) is 6.94. The molecule has 3 unspecified atom stereocenters. The molecule has 0 bridgehead atoms. The molecule has 0 spiro atoms. The van der Waals surface area contributed by atoms with E-state index in [9.17, 15) is 4.79 Å². The highest BCUT2D eigenvalue weighted by Crippen LogP contribution is 2.60. The highest BCUT2D eigenvalue weighted by atomic mass is 16.5. The molecule has 2 fully saturated rings. The summed E-state index contributed by atoms with van der Waals surface area (Å²) in [6, 6.07) is 17.0. The lowest BCUT2D eigenvalue weighted by molar-refractivity contribution is -0.127. The first-order valence-electron chi connectivity index (χ1n) is 11.7. The Kier molecular flexibility index (Phi) is 5.37. The molecule has 4 atom stereocenters. The minimum atomic E-state index is -0.208. The van der Waals surface area contributed by atoms with Crippen LogP contribution in [0.15, 0.2) is 60.4 Å². The monoisotopic (exact) mass is 416 g/mol. The number of ether oxygens (including phenoxy) is 2. The Morgan fingerprint density at radius 2 is 1.97 bits per heavy atom. The van der Waals surface area contributed by atoms with Gasteiger partial charge in [0.2, 0.25) is 0 Å². The molecule has 31 heavy (non-hydrogen) atoms. The van der Waals surface area contributed by atoms with E-state index in [0.29, 0.717) is 36.8 Å².